The van der Waals surface area contributed by atoms with Crippen LogP contribution in [0.15, 0.2) is 0 Å². The molecule has 0 aromatic heterocycles. The van der Waals surface area contributed by atoms with E-state index in [1.165, 1.54) is 109 Å². The van der Waals surface area contributed by atoms with Gasteiger partial charge in [-0.1, -0.05) is 189 Å². The third-order valence-corrected chi connectivity index (χ3v) is 9.65. The predicted molar refractivity (Wildman–Crippen MR) is 210 cm³/mol. The molecule has 0 spiro atoms. The molecule has 296 valence electrons. The van der Waals surface area contributed by atoms with Crippen molar-refractivity contribution in [2.45, 2.75) is 234 Å². The van der Waals surface area contributed by atoms with Crippen LogP contribution in [0.1, 0.15) is 228 Å². The number of carbonyl (C=O) groups excluding carboxylic acids is 3. The van der Waals surface area contributed by atoms with E-state index in [-0.39, 0.29) is 31.1 Å². The van der Waals surface area contributed by atoms with Crippen LogP contribution in [-0.2, 0) is 28.6 Å². The number of ether oxygens (including phenoxy) is 3. The highest BCUT2D eigenvalue weighted by molar-refractivity contribution is 5.71. The fourth-order valence-corrected chi connectivity index (χ4v) is 6.35. The molecule has 0 N–H and O–H groups in total. The second-order valence-electron chi connectivity index (χ2n) is 16.4. The van der Waals surface area contributed by atoms with Crippen molar-refractivity contribution in [1.29, 1.82) is 0 Å². The maximum atomic E-state index is 12.7. The highest BCUT2D eigenvalue weighted by atomic mass is 16.6. The minimum absolute atomic E-state index is 0.0679. The summed E-state index contributed by atoms with van der Waals surface area (Å²) in [6, 6.07) is 0. The van der Waals surface area contributed by atoms with E-state index in [4.69, 9.17) is 14.2 Å². The van der Waals surface area contributed by atoms with E-state index in [1.54, 1.807) is 0 Å². The van der Waals surface area contributed by atoms with Crippen LogP contribution in [0.5, 0.6) is 0 Å². The van der Waals surface area contributed by atoms with Gasteiger partial charge in [0.1, 0.15) is 13.2 Å². The highest BCUT2D eigenvalue weighted by Crippen LogP contribution is 2.16. The third-order valence-electron chi connectivity index (χ3n) is 9.65. The van der Waals surface area contributed by atoms with Crippen molar-refractivity contribution in [3.63, 3.8) is 0 Å². The normalized spacial score (nSPS) is 12.2. The third kappa shape index (κ3) is 37.7. The van der Waals surface area contributed by atoms with Crippen molar-refractivity contribution in [1.82, 2.24) is 0 Å². The zero-order valence-electron chi connectivity index (χ0n) is 34.2. The Balaban J connectivity index is 4.35. The molecule has 6 heteroatoms. The van der Waals surface area contributed by atoms with Gasteiger partial charge in [-0.15, -0.1) is 0 Å². The average molecular weight is 709 g/mol. The van der Waals surface area contributed by atoms with Crippen molar-refractivity contribution in [2.75, 3.05) is 13.2 Å². The number of esters is 3. The number of unbranched alkanes of at least 4 members (excludes halogenated alkanes) is 20. The minimum Gasteiger partial charge on any atom is -0.462 e. The topological polar surface area (TPSA) is 78.9 Å². The van der Waals surface area contributed by atoms with E-state index in [0.29, 0.717) is 19.3 Å². The molecule has 0 amide bonds. The first-order valence-electron chi connectivity index (χ1n) is 21.6. The summed E-state index contributed by atoms with van der Waals surface area (Å²) >= 11 is 0. The summed E-state index contributed by atoms with van der Waals surface area (Å²) in [6.45, 7) is 13.5. The molecule has 0 aliphatic rings. The molecule has 0 saturated carbocycles. The molecule has 0 heterocycles. The van der Waals surface area contributed by atoms with E-state index < -0.39 is 6.10 Å². The molecule has 6 nitrogen and oxygen atoms in total. The minimum atomic E-state index is -0.761. The van der Waals surface area contributed by atoms with Gasteiger partial charge < -0.3 is 14.2 Å². The summed E-state index contributed by atoms with van der Waals surface area (Å²) in [5, 5.41) is 0. The first-order chi connectivity index (χ1) is 24.1. The molecule has 50 heavy (non-hydrogen) atoms. The van der Waals surface area contributed by atoms with Gasteiger partial charge >= 0.3 is 17.9 Å². The smallest absolute Gasteiger partial charge is 0.306 e. The Labute approximate surface area is 310 Å². The SMILES string of the molecule is CC(C)CCCCCCCCCCCCC(=O)O[C@H](COC(=O)CCCCCCCCCC(C)C)COC(=O)CCCCCCCCC(C)C. The van der Waals surface area contributed by atoms with Crippen LogP contribution in [0.2, 0.25) is 0 Å². The van der Waals surface area contributed by atoms with Gasteiger partial charge in [0.25, 0.3) is 0 Å². The summed E-state index contributed by atoms with van der Waals surface area (Å²) in [5.74, 6) is 1.49. The maximum absolute atomic E-state index is 12.7. The van der Waals surface area contributed by atoms with Crippen molar-refractivity contribution >= 4 is 17.9 Å². The van der Waals surface area contributed by atoms with Gasteiger partial charge in [0.15, 0.2) is 6.10 Å². The Morgan fingerprint density at radius 2 is 0.580 bits per heavy atom. The van der Waals surface area contributed by atoms with Gasteiger partial charge in [0, 0.05) is 19.3 Å². The fraction of sp³-hybridized carbons (Fsp3) is 0.932. The van der Waals surface area contributed by atoms with Crippen LogP contribution >= 0.6 is 0 Å². The second kappa shape index (κ2) is 35.8. The lowest BCUT2D eigenvalue weighted by atomic mass is 10.0. The number of hydrogen-bond donors (Lipinski definition) is 0. The monoisotopic (exact) mass is 709 g/mol. The van der Waals surface area contributed by atoms with E-state index in [1.807, 2.05) is 0 Å². The van der Waals surface area contributed by atoms with Gasteiger partial charge in [-0.3, -0.25) is 14.4 Å². The molecule has 0 fully saturated rings. The average Bonchev–Trinajstić information content (AvgIpc) is 3.06. The standard InChI is InChI=1S/C44H84O6/c1-38(2)30-24-18-12-9-7-8-10-14-23-29-35-44(47)50-41(37-49-43(46)34-28-22-17-16-20-26-32-40(5)6)36-48-42(45)33-27-21-15-11-13-19-25-31-39(3)4/h38-41H,7-37H2,1-6H3/t41-/m1/s1. The number of carbonyl (C=O) groups is 3. The zero-order chi connectivity index (χ0) is 37.1. The Kier molecular flexibility index (Phi) is 34.7. The Hall–Kier alpha value is -1.59. The Morgan fingerprint density at radius 1 is 0.340 bits per heavy atom. The molecular weight excluding hydrogens is 624 g/mol. The summed E-state index contributed by atoms with van der Waals surface area (Å²) in [6.07, 6.45) is 31.1. The van der Waals surface area contributed by atoms with Crippen LogP contribution in [0.4, 0.5) is 0 Å². The predicted octanol–water partition coefficient (Wildman–Crippen LogP) is 13.3. The molecule has 0 aromatic rings. The largest absolute Gasteiger partial charge is 0.462 e. The van der Waals surface area contributed by atoms with Crippen molar-refractivity contribution in [3.05, 3.63) is 0 Å². The van der Waals surface area contributed by atoms with Gasteiger partial charge in [-0.05, 0) is 37.0 Å². The van der Waals surface area contributed by atoms with E-state index in [0.717, 1.165) is 75.5 Å². The summed E-state index contributed by atoms with van der Waals surface area (Å²) in [5.41, 5.74) is 0. The summed E-state index contributed by atoms with van der Waals surface area (Å²) < 4.78 is 16.6. The number of hydrogen-bond acceptors (Lipinski definition) is 6. The van der Waals surface area contributed by atoms with Crippen molar-refractivity contribution in [2.24, 2.45) is 17.8 Å². The Morgan fingerprint density at radius 3 is 0.860 bits per heavy atom. The molecule has 0 aliphatic carbocycles. The van der Waals surface area contributed by atoms with Gasteiger partial charge in [-0.25, -0.2) is 0 Å². The van der Waals surface area contributed by atoms with Gasteiger partial charge in [-0.2, -0.15) is 0 Å². The zero-order valence-corrected chi connectivity index (χ0v) is 34.2. The van der Waals surface area contributed by atoms with Crippen LogP contribution < -0.4 is 0 Å². The van der Waals surface area contributed by atoms with Crippen LogP contribution in [0.25, 0.3) is 0 Å². The molecule has 0 aromatic carbocycles. The summed E-state index contributed by atoms with van der Waals surface area (Å²) in [4.78, 5) is 37.6. The first-order valence-corrected chi connectivity index (χ1v) is 21.6. The van der Waals surface area contributed by atoms with E-state index in [2.05, 4.69) is 41.5 Å². The highest BCUT2D eigenvalue weighted by Gasteiger charge is 2.19. The van der Waals surface area contributed by atoms with Crippen LogP contribution in [0.3, 0.4) is 0 Å². The van der Waals surface area contributed by atoms with Crippen LogP contribution in [-0.4, -0.2) is 37.2 Å². The Bertz CT molecular complexity index is 776. The maximum Gasteiger partial charge on any atom is 0.306 e. The molecule has 0 bridgehead atoms. The molecular formula is C44H84O6. The molecule has 0 radical (unpaired) electrons. The van der Waals surface area contributed by atoms with E-state index >= 15 is 0 Å². The lowest BCUT2D eigenvalue weighted by Gasteiger charge is -2.18. The molecule has 0 rings (SSSR count). The van der Waals surface area contributed by atoms with E-state index in [9.17, 15) is 14.4 Å². The molecule has 0 aliphatic heterocycles. The fourth-order valence-electron chi connectivity index (χ4n) is 6.35. The first kappa shape index (κ1) is 48.4. The second-order valence-corrected chi connectivity index (χ2v) is 16.4. The number of rotatable bonds is 37. The van der Waals surface area contributed by atoms with Gasteiger partial charge in [0.05, 0.1) is 0 Å². The van der Waals surface area contributed by atoms with Gasteiger partial charge in [0.2, 0.25) is 0 Å². The van der Waals surface area contributed by atoms with Crippen LogP contribution in [0, 0.1) is 17.8 Å². The van der Waals surface area contributed by atoms with Crippen molar-refractivity contribution < 1.29 is 28.6 Å². The lowest BCUT2D eigenvalue weighted by molar-refractivity contribution is -0.167. The molecule has 0 unspecified atom stereocenters. The molecule has 1 atom stereocenters. The van der Waals surface area contributed by atoms with Crippen molar-refractivity contribution in [3.8, 4) is 0 Å². The quantitative estimate of drug-likeness (QED) is 0.0363. The lowest BCUT2D eigenvalue weighted by Crippen LogP contribution is -2.30. The molecule has 0 saturated heterocycles. The summed E-state index contributed by atoms with van der Waals surface area (Å²) in [7, 11) is 0.